The van der Waals surface area contributed by atoms with Gasteiger partial charge in [0.05, 0.1) is 20.1 Å². The fourth-order valence-corrected chi connectivity index (χ4v) is 2.49. The number of imidazole rings is 1. The molecule has 118 valence electrons. The number of aryl methyl sites for hydroxylation is 1. The fourth-order valence-electron chi connectivity index (χ4n) is 2.49. The van der Waals surface area contributed by atoms with E-state index in [9.17, 15) is 4.79 Å². The molecule has 3 rings (SSSR count). The molecule has 1 aromatic carbocycles. The smallest absolute Gasteiger partial charge is 0.303 e. The molecule has 3 aromatic rings. The Kier molecular flexibility index (Phi) is 4.23. The van der Waals surface area contributed by atoms with Crippen molar-refractivity contribution in [1.29, 1.82) is 0 Å². The molecule has 0 spiro atoms. The highest BCUT2D eigenvalue weighted by atomic mass is 16.5. The number of aromatic nitrogens is 3. The van der Waals surface area contributed by atoms with Crippen molar-refractivity contribution in [3.05, 3.63) is 54.0 Å². The predicted molar refractivity (Wildman–Crippen MR) is 85.6 cm³/mol. The molecule has 0 bridgehead atoms. The Morgan fingerprint density at radius 2 is 2.04 bits per heavy atom. The average molecular weight is 311 g/mol. The van der Waals surface area contributed by atoms with Crippen LogP contribution in [0.4, 0.5) is 0 Å². The van der Waals surface area contributed by atoms with Crippen LogP contribution in [0.15, 0.2) is 42.6 Å². The number of aliphatic carboxylic acids is 1. The van der Waals surface area contributed by atoms with Crippen molar-refractivity contribution in [2.45, 2.75) is 19.4 Å². The number of rotatable bonds is 6. The molecule has 0 saturated carbocycles. The quantitative estimate of drug-likeness (QED) is 0.757. The number of fused-ring (bicyclic) bond motifs is 1. The number of hydrogen-bond acceptors (Lipinski definition) is 4. The van der Waals surface area contributed by atoms with Gasteiger partial charge in [-0.3, -0.25) is 4.79 Å². The van der Waals surface area contributed by atoms with Crippen LogP contribution in [0, 0.1) is 0 Å². The lowest BCUT2D eigenvalue weighted by Crippen LogP contribution is -2.08. The van der Waals surface area contributed by atoms with Gasteiger partial charge in [-0.2, -0.15) is 0 Å². The molecule has 6 heteroatoms. The molecule has 6 nitrogen and oxygen atoms in total. The third-order valence-electron chi connectivity index (χ3n) is 3.65. The first-order valence-corrected chi connectivity index (χ1v) is 7.32. The summed E-state index contributed by atoms with van der Waals surface area (Å²) in [5, 5.41) is 8.92. The molecule has 23 heavy (non-hydrogen) atoms. The number of carboxylic acid groups (broad SMARTS) is 1. The molecular formula is C17H17N3O3. The number of methoxy groups -OCH3 is 1. The molecule has 0 aliphatic heterocycles. The number of hydrogen-bond donors (Lipinski definition) is 1. The molecule has 2 heterocycles. The third kappa shape index (κ3) is 3.31. The average Bonchev–Trinajstić information content (AvgIpc) is 2.91. The monoisotopic (exact) mass is 311 g/mol. The lowest BCUT2D eigenvalue weighted by Gasteiger charge is -2.09. The lowest BCUT2D eigenvalue weighted by atomic mass is 10.2. The molecule has 0 atom stereocenters. The summed E-state index contributed by atoms with van der Waals surface area (Å²) in [6.07, 6.45) is 2.14. The molecule has 0 unspecified atom stereocenters. The van der Waals surface area contributed by atoms with Crippen LogP contribution in [0.3, 0.4) is 0 Å². The van der Waals surface area contributed by atoms with Crippen LogP contribution >= 0.6 is 0 Å². The van der Waals surface area contributed by atoms with E-state index < -0.39 is 5.97 Å². The minimum atomic E-state index is -0.832. The minimum Gasteiger partial charge on any atom is -0.497 e. The largest absolute Gasteiger partial charge is 0.497 e. The summed E-state index contributed by atoms with van der Waals surface area (Å²) in [7, 11) is 1.63. The summed E-state index contributed by atoms with van der Waals surface area (Å²) in [5.74, 6) is 0.700. The van der Waals surface area contributed by atoms with E-state index in [0.717, 1.165) is 28.3 Å². The first-order valence-electron chi connectivity index (χ1n) is 7.32. The zero-order chi connectivity index (χ0) is 16.2. The van der Waals surface area contributed by atoms with Gasteiger partial charge in [-0.1, -0.05) is 12.1 Å². The number of ether oxygens (including phenoxy) is 1. The predicted octanol–water partition coefficient (Wildman–Crippen LogP) is 2.51. The van der Waals surface area contributed by atoms with Crippen molar-refractivity contribution >= 4 is 17.1 Å². The van der Waals surface area contributed by atoms with Gasteiger partial charge < -0.3 is 14.4 Å². The second kappa shape index (κ2) is 6.48. The highest BCUT2D eigenvalue weighted by molar-refractivity contribution is 5.72. The van der Waals surface area contributed by atoms with E-state index in [2.05, 4.69) is 9.97 Å². The van der Waals surface area contributed by atoms with Crippen molar-refractivity contribution in [2.75, 3.05) is 7.11 Å². The Morgan fingerprint density at radius 1 is 1.26 bits per heavy atom. The van der Waals surface area contributed by atoms with Crippen molar-refractivity contribution in [3.63, 3.8) is 0 Å². The van der Waals surface area contributed by atoms with E-state index in [1.54, 1.807) is 13.3 Å². The van der Waals surface area contributed by atoms with E-state index in [1.807, 2.05) is 41.0 Å². The van der Waals surface area contributed by atoms with E-state index in [-0.39, 0.29) is 6.42 Å². The Morgan fingerprint density at radius 3 is 2.74 bits per heavy atom. The molecule has 2 aromatic heterocycles. The summed E-state index contributed by atoms with van der Waals surface area (Å²) in [6.45, 7) is 0.590. The maximum absolute atomic E-state index is 10.9. The van der Waals surface area contributed by atoms with Crippen molar-refractivity contribution in [1.82, 2.24) is 14.5 Å². The first-order chi connectivity index (χ1) is 11.2. The topological polar surface area (TPSA) is 77.2 Å². The van der Waals surface area contributed by atoms with Gasteiger partial charge in [-0.25, -0.2) is 9.97 Å². The molecule has 0 aliphatic rings. The Bertz CT molecular complexity index is 825. The number of carboxylic acids is 1. The van der Waals surface area contributed by atoms with Crippen LogP contribution < -0.4 is 4.74 Å². The zero-order valence-electron chi connectivity index (χ0n) is 12.8. The Balaban J connectivity index is 1.95. The van der Waals surface area contributed by atoms with E-state index >= 15 is 0 Å². The SMILES string of the molecule is COc1ccc(Cn2c(CCC(=O)O)nc3cccnc32)cc1. The van der Waals surface area contributed by atoms with Crippen LogP contribution in [-0.4, -0.2) is 32.7 Å². The normalized spacial score (nSPS) is 10.8. The molecule has 0 fully saturated rings. The first kappa shape index (κ1) is 15.0. The molecular weight excluding hydrogens is 294 g/mol. The molecule has 1 N–H and O–H groups in total. The zero-order valence-corrected chi connectivity index (χ0v) is 12.8. The van der Waals surface area contributed by atoms with Gasteiger partial charge in [0, 0.05) is 12.6 Å². The Hall–Kier alpha value is -2.89. The van der Waals surface area contributed by atoms with Gasteiger partial charge in [0.1, 0.15) is 17.1 Å². The maximum atomic E-state index is 10.9. The van der Waals surface area contributed by atoms with Crippen LogP contribution in [0.2, 0.25) is 0 Å². The van der Waals surface area contributed by atoms with Gasteiger partial charge >= 0.3 is 5.97 Å². The number of nitrogens with zero attached hydrogens (tertiary/aromatic N) is 3. The third-order valence-corrected chi connectivity index (χ3v) is 3.65. The van der Waals surface area contributed by atoms with E-state index in [4.69, 9.17) is 9.84 Å². The minimum absolute atomic E-state index is 0.0476. The standard InChI is InChI=1S/C17H17N3O3/c1-23-13-6-4-12(5-7-13)11-20-15(8-9-16(21)22)19-14-3-2-10-18-17(14)20/h2-7,10H,8-9,11H2,1H3,(H,21,22). The molecule has 0 radical (unpaired) electrons. The van der Waals surface area contributed by atoms with Gasteiger partial charge in [-0.05, 0) is 29.8 Å². The fraction of sp³-hybridized carbons (Fsp3) is 0.235. The maximum Gasteiger partial charge on any atom is 0.303 e. The Labute approximate surface area is 133 Å². The van der Waals surface area contributed by atoms with Crippen molar-refractivity contribution < 1.29 is 14.6 Å². The molecule has 0 amide bonds. The second-order valence-electron chi connectivity index (χ2n) is 5.20. The van der Waals surface area contributed by atoms with E-state index in [1.165, 1.54) is 0 Å². The summed E-state index contributed by atoms with van der Waals surface area (Å²) < 4.78 is 7.14. The highest BCUT2D eigenvalue weighted by Gasteiger charge is 2.13. The summed E-state index contributed by atoms with van der Waals surface area (Å²) in [5.41, 5.74) is 2.62. The lowest BCUT2D eigenvalue weighted by molar-refractivity contribution is -0.137. The van der Waals surface area contributed by atoms with Gasteiger partial charge in [-0.15, -0.1) is 0 Å². The van der Waals surface area contributed by atoms with Crippen LogP contribution in [-0.2, 0) is 17.8 Å². The number of benzene rings is 1. The van der Waals surface area contributed by atoms with Crippen LogP contribution in [0.5, 0.6) is 5.75 Å². The molecule has 0 aliphatic carbocycles. The molecule has 0 saturated heterocycles. The van der Waals surface area contributed by atoms with Crippen LogP contribution in [0.25, 0.3) is 11.2 Å². The van der Waals surface area contributed by atoms with Gasteiger partial charge in [0.15, 0.2) is 5.65 Å². The number of pyridine rings is 1. The summed E-state index contributed by atoms with van der Waals surface area (Å²) >= 11 is 0. The van der Waals surface area contributed by atoms with Crippen molar-refractivity contribution in [2.24, 2.45) is 0 Å². The number of carbonyl (C=O) groups is 1. The van der Waals surface area contributed by atoms with Gasteiger partial charge in [0.2, 0.25) is 0 Å². The summed E-state index contributed by atoms with van der Waals surface area (Å²) in [4.78, 5) is 19.8. The van der Waals surface area contributed by atoms with Crippen LogP contribution in [0.1, 0.15) is 17.8 Å². The van der Waals surface area contributed by atoms with Gasteiger partial charge in [0.25, 0.3) is 0 Å². The highest BCUT2D eigenvalue weighted by Crippen LogP contribution is 2.18. The summed E-state index contributed by atoms with van der Waals surface area (Å²) in [6, 6.07) is 11.5. The van der Waals surface area contributed by atoms with E-state index in [0.29, 0.717) is 13.0 Å². The van der Waals surface area contributed by atoms with Crippen molar-refractivity contribution in [3.8, 4) is 5.75 Å². The second-order valence-corrected chi connectivity index (χ2v) is 5.20.